The molecule has 0 aromatic carbocycles. The molecule has 1 N–H and O–H groups in total. The van der Waals surface area contributed by atoms with Gasteiger partial charge in [0.2, 0.25) is 0 Å². The van der Waals surface area contributed by atoms with Crippen LogP contribution < -0.4 is 0 Å². The Morgan fingerprint density at radius 2 is 2.35 bits per heavy atom. The minimum absolute atomic E-state index is 0.0544. The van der Waals surface area contributed by atoms with Crippen LogP contribution >= 0.6 is 23.1 Å². The molecule has 0 spiro atoms. The molecule has 108 valence electrons. The van der Waals surface area contributed by atoms with Crippen LogP contribution in [0.25, 0.3) is 11.5 Å². The van der Waals surface area contributed by atoms with Crippen molar-refractivity contribution in [2.45, 2.75) is 18.6 Å². The first-order chi connectivity index (χ1) is 9.61. The molecule has 0 aliphatic rings. The van der Waals surface area contributed by atoms with Crippen LogP contribution in [0.4, 0.5) is 0 Å². The summed E-state index contributed by atoms with van der Waals surface area (Å²) in [5.74, 6) is -0.303. The molecule has 0 unspecified atom stereocenters. The third kappa shape index (κ3) is 3.56. The SMILES string of the molecule is COCCn1c(SCC(=O)O)nnc1-c1csc(C)n1. The molecule has 0 amide bonds. The van der Waals surface area contributed by atoms with Crippen LogP contribution in [-0.2, 0) is 16.1 Å². The van der Waals surface area contributed by atoms with Crippen molar-refractivity contribution < 1.29 is 14.6 Å². The van der Waals surface area contributed by atoms with Gasteiger partial charge in [0.1, 0.15) is 5.69 Å². The van der Waals surface area contributed by atoms with Gasteiger partial charge in [0, 0.05) is 12.5 Å². The number of aryl methyl sites for hydroxylation is 1. The number of carboxylic acids is 1. The second-order valence-electron chi connectivity index (χ2n) is 3.88. The predicted molar refractivity (Wildman–Crippen MR) is 76.1 cm³/mol. The molecule has 0 saturated carbocycles. The van der Waals surface area contributed by atoms with Crippen molar-refractivity contribution in [3.8, 4) is 11.5 Å². The van der Waals surface area contributed by atoms with Crippen molar-refractivity contribution in [2.75, 3.05) is 19.5 Å². The lowest BCUT2D eigenvalue weighted by atomic mass is 10.4. The molecule has 0 radical (unpaired) electrons. The second-order valence-corrected chi connectivity index (χ2v) is 5.89. The maximum Gasteiger partial charge on any atom is 0.313 e. The van der Waals surface area contributed by atoms with E-state index in [1.807, 2.05) is 16.9 Å². The molecule has 2 rings (SSSR count). The van der Waals surface area contributed by atoms with Gasteiger partial charge in [0.05, 0.1) is 23.9 Å². The zero-order valence-electron chi connectivity index (χ0n) is 11.1. The molecule has 0 aliphatic heterocycles. The molecule has 0 saturated heterocycles. The van der Waals surface area contributed by atoms with E-state index >= 15 is 0 Å². The Labute approximate surface area is 124 Å². The summed E-state index contributed by atoms with van der Waals surface area (Å²) < 4.78 is 6.91. The van der Waals surface area contributed by atoms with Gasteiger partial charge in [-0.3, -0.25) is 9.36 Å². The lowest BCUT2D eigenvalue weighted by molar-refractivity contribution is -0.133. The highest BCUT2D eigenvalue weighted by atomic mass is 32.2. The third-order valence-corrected chi connectivity index (χ3v) is 4.13. The molecular formula is C11H14N4O3S2. The zero-order valence-corrected chi connectivity index (χ0v) is 12.7. The van der Waals surface area contributed by atoms with Crippen molar-refractivity contribution >= 4 is 29.1 Å². The van der Waals surface area contributed by atoms with Crippen LogP contribution in [0.15, 0.2) is 10.5 Å². The van der Waals surface area contributed by atoms with Gasteiger partial charge in [0.15, 0.2) is 11.0 Å². The number of carbonyl (C=O) groups is 1. The van der Waals surface area contributed by atoms with Crippen LogP contribution in [-0.4, -0.2) is 50.3 Å². The molecule has 2 heterocycles. The number of nitrogens with zero attached hydrogens (tertiary/aromatic N) is 4. The van der Waals surface area contributed by atoms with Gasteiger partial charge in [-0.15, -0.1) is 21.5 Å². The van der Waals surface area contributed by atoms with Gasteiger partial charge in [-0.1, -0.05) is 11.8 Å². The molecule has 0 fully saturated rings. The molecule has 2 aromatic rings. The van der Waals surface area contributed by atoms with Gasteiger partial charge >= 0.3 is 5.97 Å². The van der Waals surface area contributed by atoms with E-state index in [1.165, 1.54) is 11.3 Å². The highest BCUT2D eigenvalue weighted by Gasteiger charge is 2.17. The molecule has 0 aliphatic carbocycles. The number of thiazole rings is 1. The van der Waals surface area contributed by atoms with Crippen molar-refractivity contribution in [3.63, 3.8) is 0 Å². The summed E-state index contributed by atoms with van der Waals surface area (Å²) >= 11 is 2.67. The maximum absolute atomic E-state index is 10.7. The summed E-state index contributed by atoms with van der Waals surface area (Å²) in [4.78, 5) is 15.1. The number of methoxy groups -OCH3 is 1. The summed E-state index contributed by atoms with van der Waals surface area (Å²) in [6.45, 7) is 2.97. The van der Waals surface area contributed by atoms with Gasteiger partial charge in [-0.05, 0) is 6.92 Å². The highest BCUT2D eigenvalue weighted by molar-refractivity contribution is 7.99. The molecule has 7 nitrogen and oxygen atoms in total. The first-order valence-electron chi connectivity index (χ1n) is 5.81. The van der Waals surface area contributed by atoms with Crippen LogP contribution in [0.3, 0.4) is 0 Å². The quantitative estimate of drug-likeness (QED) is 0.775. The van der Waals surface area contributed by atoms with E-state index in [2.05, 4.69) is 15.2 Å². The molecule has 20 heavy (non-hydrogen) atoms. The number of rotatable bonds is 7. The molecule has 9 heteroatoms. The highest BCUT2D eigenvalue weighted by Crippen LogP contribution is 2.24. The number of hydrogen-bond acceptors (Lipinski definition) is 7. The monoisotopic (exact) mass is 314 g/mol. The fourth-order valence-electron chi connectivity index (χ4n) is 1.56. The number of ether oxygens (including phenoxy) is 1. The maximum atomic E-state index is 10.7. The largest absolute Gasteiger partial charge is 0.481 e. The van der Waals surface area contributed by atoms with E-state index < -0.39 is 5.97 Å². The standard InChI is InChI=1S/C11H14N4O3S2/c1-7-12-8(5-19-7)10-13-14-11(20-6-9(16)17)15(10)3-4-18-2/h5H,3-4,6H2,1-2H3,(H,16,17). The fraction of sp³-hybridized carbons (Fsp3) is 0.455. The summed E-state index contributed by atoms with van der Waals surface area (Å²) in [7, 11) is 1.61. The lowest BCUT2D eigenvalue weighted by Crippen LogP contribution is -2.09. The van der Waals surface area contributed by atoms with Crippen LogP contribution in [0.1, 0.15) is 5.01 Å². The van der Waals surface area contributed by atoms with Gasteiger partial charge in [0.25, 0.3) is 0 Å². The Balaban J connectivity index is 2.28. The zero-order chi connectivity index (χ0) is 14.5. The fourth-order valence-corrected chi connectivity index (χ4v) is 2.84. The summed E-state index contributed by atoms with van der Waals surface area (Å²) in [5, 5.41) is 20.3. The first-order valence-corrected chi connectivity index (χ1v) is 7.67. The first kappa shape index (κ1) is 14.9. The van der Waals surface area contributed by atoms with E-state index in [9.17, 15) is 4.79 Å². The van der Waals surface area contributed by atoms with E-state index in [0.717, 1.165) is 22.5 Å². The molecule has 0 bridgehead atoms. The Morgan fingerprint density at radius 1 is 1.55 bits per heavy atom. The minimum Gasteiger partial charge on any atom is -0.481 e. The third-order valence-electron chi connectivity index (χ3n) is 2.41. The van der Waals surface area contributed by atoms with E-state index in [1.54, 1.807) is 7.11 Å². The number of thioether (sulfide) groups is 1. The van der Waals surface area contributed by atoms with E-state index in [-0.39, 0.29) is 5.75 Å². The molecule has 0 atom stereocenters. The van der Waals surface area contributed by atoms with Crippen molar-refractivity contribution in [1.29, 1.82) is 0 Å². The Morgan fingerprint density at radius 3 is 2.95 bits per heavy atom. The van der Waals surface area contributed by atoms with Crippen LogP contribution in [0, 0.1) is 6.92 Å². The average Bonchev–Trinajstić information content (AvgIpc) is 2.99. The minimum atomic E-state index is -0.887. The number of carboxylic acid groups (broad SMARTS) is 1. The Kier molecular flexibility index (Phi) is 5.10. The predicted octanol–water partition coefficient (Wildman–Crippen LogP) is 1.53. The van der Waals surface area contributed by atoms with E-state index in [0.29, 0.717) is 24.1 Å². The molecule has 2 aromatic heterocycles. The average molecular weight is 314 g/mol. The van der Waals surface area contributed by atoms with Gasteiger partial charge in [-0.2, -0.15) is 0 Å². The van der Waals surface area contributed by atoms with Crippen molar-refractivity contribution in [3.05, 3.63) is 10.4 Å². The second kappa shape index (κ2) is 6.82. The lowest BCUT2D eigenvalue weighted by Gasteiger charge is -2.07. The van der Waals surface area contributed by atoms with Gasteiger partial charge < -0.3 is 9.84 Å². The summed E-state index contributed by atoms with van der Waals surface area (Å²) in [6, 6.07) is 0. The Bertz CT molecular complexity index is 596. The number of aromatic nitrogens is 4. The van der Waals surface area contributed by atoms with Gasteiger partial charge in [-0.25, -0.2) is 4.98 Å². The van der Waals surface area contributed by atoms with Crippen molar-refractivity contribution in [1.82, 2.24) is 19.7 Å². The Hall–Kier alpha value is -1.45. The number of aliphatic carboxylic acids is 1. The summed E-state index contributed by atoms with van der Waals surface area (Å²) in [6.07, 6.45) is 0. The van der Waals surface area contributed by atoms with Crippen LogP contribution in [0.2, 0.25) is 0 Å². The van der Waals surface area contributed by atoms with Crippen molar-refractivity contribution in [2.24, 2.45) is 0 Å². The smallest absolute Gasteiger partial charge is 0.313 e. The topological polar surface area (TPSA) is 90.1 Å². The molecular weight excluding hydrogens is 300 g/mol. The van der Waals surface area contributed by atoms with Crippen LogP contribution in [0.5, 0.6) is 0 Å². The summed E-state index contributed by atoms with van der Waals surface area (Å²) in [5.41, 5.74) is 0.748. The number of hydrogen-bond donors (Lipinski definition) is 1. The van der Waals surface area contributed by atoms with E-state index in [4.69, 9.17) is 9.84 Å². The normalized spacial score (nSPS) is 10.9.